The summed E-state index contributed by atoms with van der Waals surface area (Å²) in [6.07, 6.45) is 1.69. The molecule has 240 valence electrons. The van der Waals surface area contributed by atoms with E-state index in [9.17, 15) is 43.2 Å². The summed E-state index contributed by atoms with van der Waals surface area (Å²) in [6.45, 7) is 9.31. The second kappa shape index (κ2) is 19.7. The van der Waals surface area contributed by atoms with E-state index in [0.29, 0.717) is 22.9 Å². The Morgan fingerprint density at radius 1 is 0.977 bits per heavy atom. The quantitative estimate of drug-likeness (QED) is 0.148. The SMILES string of the molecule is C/C=C1\SC(=O)NC1=O.CCC1OC(=O)NC1=O.CCC1SC(=O)NC1=O.CCN(O)C(N)=O.CCn1oc(=O)[nH]c1=O. The number of imide groups is 3. The van der Waals surface area contributed by atoms with Crippen molar-refractivity contribution in [1.82, 2.24) is 30.7 Å². The van der Waals surface area contributed by atoms with E-state index in [1.807, 2.05) is 17.2 Å². The molecule has 1 aromatic heterocycles. The van der Waals surface area contributed by atoms with E-state index in [-0.39, 0.29) is 40.0 Å². The van der Waals surface area contributed by atoms with Crippen LogP contribution in [0.5, 0.6) is 0 Å². The number of aryl methyl sites for hydroxylation is 1. The molecule has 43 heavy (non-hydrogen) atoms. The molecule has 0 spiro atoms. The van der Waals surface area contributed by atoms with Gasteiger partial charge >= 0.3 is 23.6 Å². The Balaban J connectivity index is 0.000000515. The van der Waals surface area contributed by atoms with Gasteiger partial charge in [-0.2, -0.15) is 4.74 Å². The van der Waals surface area contributed by atoms with E-state index in [2.05, 4.69) is 25.6 Å². The Kier molecular flexibility index (Phi) is 17.7. The third-order valence-electron chi connectivity index (χ3n) is 4.65. The number of nitrogens with zero attached hydrogens (tertiary/aromatic N) is 2. The van der Waals surface area contributed by atoms with Gasteiger partial charge in [-0.15, -0.1) is 0 Å². The summed E-state index contributed by atoms with van der Waals surface area (Å²) < 4.78 is 9.83. The van der Waals surface area contributed by atoms with Crippen molar-refractivity contribution in [2.45, 2.75) is 65.4 Å². The van der Waals surface area contributed by atoms with Crippen molar-refractivity contribution in [2.24, 2.45) is 5.73 Å². The van der Waals surface area contributed by atoms with Crippen LogP contribution in [-0.4, -0.2) is 78.2 Å². The summed E-state index contributed by atoms with van der Waals surface area (Å²) in [5, 5.41) is 14.4. The van der Waals surface area contributed by atoms with Gasteiger partial charge in [0.1, 0.15) is 0 Å². The van der Waals surface area contributed by atoms with Crippen LogP contribution in [0.4, 0.5) is 19.2 Å². The molecule has 1 aromatic rings. The minimum atomic E-state index is -0.817. The Labute approximate surface area is 252 Å². The fourth-order valence-corrected chi connectivity index (χ4v) is 3.87. The summed E-state index contributed by atoms with van der Waals surface area (Å²) in [4.78, 5) is 95.9. The molecule has 3 aliphatic heterocycles. The Bertz CT molecular complexity index is 1280. The van der Waals surface area contributed by atoms with Crippen molar-refractivity contribution in [3.8, 4) is 0 Å². The van der Waals surface area contributed by atoms with Crippen LogP contribution in [0.2, 0.25) is 0 Å². The zero-order valence-electron chi connectivity index (χ0n) is 23.8. The highest BCUT2D eigenvalue weighted by atomic mass is 32.2. The number of alkyl carbamates (subject to hydrolysis) is 1. The Morgan fingerprint density at radius 2 is 1.60 bits per heavy atom. The highest BCUT2D eigenvalue weighted by molar-refractivity contribution is 8.18. The maximum Gasteiger partial charge on any atom is 0.440 e. The molecule has 0 radical (unpaired) electrons. The van der Waals surface area contributed by atoms with Gasteiger partial charge < -0.3 is 15.0 Å². The molecular weight excluding hydrogens is 618 g/mol. The predicted molar refractivity (Wildman–Crippen MR) is 152 cm³/mol. The van der Waals surface area contributed by atoms with E-state index in [4.69, 9.17) is 5.21 Å². The molecule has 4 rings (SSSR count). The van der Waals surface area contributed by atoms with Crippen LogP contribution < -0.4 is 33.1 Å². The van der Waals surface area contributed by atoms with Gasteiger partial charge in [-0.05, 0) is 45.4 Å². The van der Waals surface area contributed by atoms with E-state index >= 15 is 0 Å². The van der Waals surface area contributed by atoms with Crippen molar-refractivity contribution in [3.63, 3.8) is 0 Å². The highest BCUT2D eigenvalue weighted by Crippen LogP contribution is 2.22. The van der Waals surface area contributed by atoms with Crippen LogP contribution in [0, 0.1) is 0 Å². The molecular formula is C22H33N7O12S2. The maximum atomic E-state index is 10.7. The maximum absolute atomic E-state index is 10.7. The number of H-pyrrole nitrogens is 1. The number of carbonyl (C=O) groups excluding carboxylic acids is 7. The number of amides is 8. The lowest BCUT2D eigenvalue weighted by molar-refractivity contribution is -0.123. The van der Waals surface area contributed by atoms with Crippen molar-refractivity contribution in [3.05, 3.63) is 32.0 Å². The van der Waals surface area contributed by atoms with E-state index < -0.39 is 29.7 Å². The molecule has 0 saturated carbocycles. The number of aromatic nitrogens is 2. The van der Waals surface area contributed by atoms with Crippen molar-refractivity contribution in [2.75, 3.05) is 6.54 Å². The first-order valence-corrected chi connectivity index (χ1v) is 14.1. The molecule has 0 bridgehead atoms. The lowest BCUT2D eigenvalue weighted by Gasteiger charge is -2.05. The van der Waals surface area contributed by atoms with Gasteiger partial charge in [0.05, 0.1) is 16.7 Å². The lowest BCUT2D eigenvalue weighted by Crippen LogP contribution is -2.32. The van der Waals surface area contributed by atoms with Gasteiger partial charge in [0.25, 0.3) is 22.3 Å². The second-order valence-electron chi connectivity index (χ2n) is 7.64. The number of allylic oxidation sites excluding steroid dienone is 1. The number of carbonyl (C=O) groups is 7. The van der Waals surface area contributed by atoms with Gasteiger partial charge in [0.2, 0.25) is 5.91 Å². The lowest BCUT2D eigenvalue weighted by atomic mass is 10.3. The summed E-state index contributed by atoms with van der Waals surface area (Å²) in [6, 6.07) is -0.817. The molecule has 3 aliphatic rings. The molecule has 8 amide bonds. The number of hydrogen-bond donors (Lipinski definition) is 6. The van der Waals surface area contributed by atoms with E-state index in [0.717, 1.165) is 34.7 Å². The summed E-state index contributed by atoms with van der Waals surface area (Å²) in [7, 11) is 0. The zero-order chi connectivity index (χ0) is 33.3. The molecule has 7 N–H and O–H groups in total. The van der Waals surface area contributed by atoms with E-state index in [1.54, 1.807) is 33.8 Å². The molecule has 3 saturated heterocycles. The summed E-state index contributed by atoms with van der Waals surface area (Å²) >= 11 is 2.01. The second-order valence-corrected chi connectivity index (χ2v) is 9.83. The third-order valence-corrected chi connectivity index (χ3v) is 6.73. The number of nitrogens with one attached hydrogen (secondary N) is 4. The minimum absolute atomic E-state index is 0.141. The van der Waals surface area contributed by atoms with Gasteiger partial charge in [0.15, 0.2) is 6.10 Å². The highest BCUT2D eigenvalue weighted by Gasteiger charge is 2.30. The average molecular weight is 652 g/mol. The van der Waals surface area contributed by atoms with Gasteiger partial charge in [-0.3, -0.25) is 45.1 Å². The van der Waals surface area contributed by atoms with Crippen molar-refractivity contribution >= 4 is 63.8 Å². The van der Waals surface area contributed by atoms with Crippen LogP contribution in [0.1, 0.15) is 47.5 Å². The number of hydrogen-bond acceptors (Lipinski definition) is 14. The summed E-state index contributed by atoms with van der Waals surface area (Å²) in [5.41, 5.74) is 4.09. The molecule has 4 heterocycles. The largest absolute Gasteiger partial charge is 0.440 e. The van der Waals surface area contributed by atoms with Crippen LogP contribution >= 0.6 is 23.5 Å². The molecule has 21 heteroatoms. The molecule has 3 fully saturated rings. The third kappa shape index (κ3) is 14.4. The molecule has 2 atom stereocenters. The van der Waals surface area contributed by atoms with Gasteiger partial charge in [0, 0.05) is 6.54 Å². The van der Waals surface area contributed by atoms with Crippen LogP contribution in [-0.2, 0) is 25.7 Å². The first kappa shape index (κ1) is 38.6. The van der Waals surface area contributed by atoms with Crippen LogP contribution in [0.15, 0.2) is 25.1 Å². The number of nitrogens with two attached hydrogens (primary N) is 1. The number of ether oxygens (including phenoxy) is 1. The fourth-order valence-electron chi connectivity index (χ4n) is 2.52. The first-order chi connectivity index (χ1) is 20.1. The minimum Gasteiger partial charge on any atom is -0.436 e. The molecule has 2 unspecified atom stereocenters. The number of aromatic amines is 1. The monoisotopic (exact) mass is 651 g/mol. The number of rotatable bonds is 4. The number of cyclic esters (lactones) is 1. The summed E-state index contributed by atoms with van der Waals surface area (Å²) in [5.74, 6) is -1.47. The zero-order valence-corrected chi connectivity index (χ0v) is 25.4. The van der Waals surface area contributed by atoms with Gasteiger partial charge in [-0.1, -0.05) is 31.7 Å². The smallest absolute Gasteiger partial charge is 0.436 e. The topological polar surface area (TPSA) is 282 Å². The van der Waals surface area contributed by atoms with Crippen LogP contribution in [0.3, 0.4) is 0 Å². The normalized spacial score (nSPS) is 19.2. The average Bonchev–Trinajstić information content (AvgIpc) is 3.68. The first-order valence-electron chi connectivity index (χ1n) is 12.4. The number of urea groups is 1. The molecule has 0 aliphatic carbocycles. The molecule has 19 nitrogen and oxygen atoms in total. The fraction of sp³-hybridized carbons (Fsp3) is 0.500. The van der Waals surface area contributed by atoms with E-state index in [1.165, 1.54) is 0 Å². The molecule has 0 aromatic carbocycles. The van der Waals surface area contributed by atoms with Gasteiger partial charge in [-0.25, -0.2) is 29.2 Å². The predicted octanol–water partition coefficient (Wildman–Crippen LogP) is 0.578. The van der Waals surface area contributed by atoms with Crippen LogP contribution in [0.25, 0.3) is 0 Å². The Hall–Kier alpha value is -4.37. The standard InChI is InChI=1S/C5H7NO3.C5H7NO2S.C5H5NO2S.C4H6N2O3.C3H8N2O2/c3*1-2-3-4(7)6-5(8)9-3;1-2-6-3(7)5-4(8)9-6;1-2-5(7)3(4)6/h2*3H,2H2,1H3,(H,6,7,8);2H,1H3,(H,6,7,8);2H2,1H3,(H,5,7,8);7H,2H2,1H3,(H2,4,6)/b;;3-2-;;. The van der Waals surface area contributed by atoms with Crippen molar-refractivity contribution in [1.29, 1.82) is 0 Å². The Morgan fingerprint density at radius 3 is 1.79 bits per heavy atom. The number of thioether (sulfide) groups is 2. The van der Waals surface area contributed by atoms with Crippen molar-refractivity contribution < 1.29 is 48.0 Å². The number of hydroxylamine groups is 2. The number of primary amides is 1.